The van der Waals surface area contributed by atoms with Crippen LogP contribution >= 0.6 is 0 Å². The van der Waals surface area contributed by atoms with Gasteiger partial charge in [-0.05, 0) is 60.3 Å². The van der Waals surface area contributed by atoms with Crippen LogP contribution < -0.4 is 10.6 Å². The van der Waals surface area contributed by atoms with Crippen molar-refractivity contribution in [2.45, 2.75) is 39.2 Å². The highest BCUT2D eigenvalue weighted by Gasteiger charge is 2.45. The number of hydrogen-bond donors (Lipinski definition) is 3. The van der Waals surface area contributed by atoms with E-state index in [2.05, 4.69) is 25.6 Å². The number of hydrogen-bond acceptors (Lipinski definition) is 7. The normalized spacial score (nSPS) is 13.0. The van der Waals surface area contributed by atoms with Gasteiger partial charge < -0.3 is 15.2 Å². The molecule has 0 radical (unpaired) electrons. The third-order valence-corrected chi connectivity index (χ3v) is 6.79. The minimum Gasteiger partial charge on any atom is -0.481 e. The molecule has 1 aliphatic carbocycles. The number of carbonyl (C=O) groups excluding carboxylic acids is 2. The van der Waals surface area contributed by atoms with Gasteiger partial charge in [0.05, 0.1) is 11.0 Å². The summed E-state index contributed by atoms with van der Waals surface area (Å²) in [7, 11) is 0. The molecule has 0 atom stereocenters. The van der Waals surface area contributed by atoms with Crippen molar-refractivity contribution in [3.05, 3.63) is 65.4 Å². The summed E-state index contributed by atoms with van der Waals surface area (Å²) < 4.78 is 10.1. The van der Waals surface area contributed by atoms with Crippen LogP contribution in [0.2, 0.25) is 0 Å². The van der Waals surface area contributed by atoms with Crippen LogP contribution in [-0.2, 0) is 9.53 Å². The highest BCUT2D eigenvalue weighted by atomic mass is 16.6. The fourth-order valence-corrected chi connectivity index (χ4v) is 3.92. The summed E-state index contributed by atoms with van der Waals surface area (Å²) >= 11 is 0. The summed E-state index contributed by atoms with van der Waals surface area (Å²) in [5.41, 5.74) is 1.58. The number of carbonyl (C=O) groups is 3. The van der Waals surface area contributed by atoms with E-state index < -0.39 is 28.9 Å². The van der Waals surface area contributed by atoms with E-state index in [0.717, 1.165) is 22.3 Å². The van der Waals surface area contributed by atoms with Crippen LogP contribution in [0.25, 0.3) is 11.1 Å². The fourth-order valence-electron chi connectivity index (χ4n) is 3.92. The Kier molecular flexibility index (Phi) is 6.06. The van der Waals surface area contributed by atoms with Crippen LogP contribution in [0.4, 0.5) is 10.6 Å². The number of carboxylic acid groups (broad SMARTS) is 1. The second kappa shape index (κ2) is 8.86. The quantitative estimate of drug-likeness (QED) is 0.461. The summed E-state index contributed by atoms with van der Waals surface area (Å²) in [5, 5.41) is 21.6. The standard InChI is InChI=1S/C25H26N4O6/c1-24(2,22(31)32)25(3,4)27-21(30)19-20(29-35-28-19)26-23(33)34-13-18-16-11-7-5-9-14(16)15-10-6-8-12-17(15)18/h5-12,18H,13H2,1-4H3,(H,27,30)(H,31,32)(H,26,29,33). The van der Waals surface area contributed by atoms with Crippen LogP contribution in [0.1, 0.15) is 55.2 Å². The van der Waals surface area contributed by atoms with Crippen LogP contribution in [0.3, 0.4) is 0 Å². The molecule has 0 fully saturated rings. The van der Waals surface area contributed by atoms with E-state index in [9.17, 15) is 19.5 Å². The predicted octanol–water partition coefficient (Wildman–Crippen LogP) is 4.05. The Morgan fingerprint density at radius 1 is 0.971 bits per heavy atom. The van der Waals surface area contributed by atoms with Crippen molar-refractivity contribution in [1.82, 2.24) is 15.6 Å². The smallest absolute Gasteiger partial charge is 0.412 e. The van der Waals surface area contributed by atoms with E-state index in [-0.39, 0.29) is 24.0 Å². The fraction of sp³-hybridized carbons (Fsp3) is 0.320. The van der Waals surface area contributed by atoms with Gasteiger partial charge in [0, 0.05) is 5.92 Å². The number of benzene rings is 2. The molecule has 1 aromatic heterocycles. The second-order valence-electron chi connectivity index (χ2n) is 9.42. The van der Waals surface area contributed by atoms with Crippen molar-refractivity contribution in [1.29, 1.82) is 0 Å². The van der Waals surface area contributed by atoms with Gasteiger partial charge in [-0.1, -0.05) is 48.5 Å². The maximum absolute atomic E-state index is 12.8. The van der Waals surface area contributed by atoms with Gasteiger partial charge in [0.25, 0.3) is 5.91 Å². The third kappa shape index (κ3) is 4.34. The van der Waals surface area contributed by atoms with Gasteiger partial charge >= 0.3 is 12.1 Å². The molecule has 0 spiro atoms. The van der Waals surface area contributed by atoms with Gasteiger partial charge in [-0.3, -0.25) is 14.9 Å². The molecule has 4 rings (SSSR count). The number of nitrogens with one attached hydrogen (secondary N) is 2. The number of anilines is 1. The predicted molar refractivity (Wildman–Crippen MR) is 126 cm³/mol. The van der Waals surface area contributed by atoms with Crippen molar-refractivity contribution in [3.8, 4) is 11.1 Å². The molecule has 3 N–H and O–H groups in total. The lowest BCUT2D eigenvalue weighted by Gasteiger charge is -2.38. The van der Waals surface area contributed by atoms with Crippen molar-refractivity contribution in [2.75, 3.05) is 11.9 Å². The molecule has 0 bridgehead atoms. The lowest BCUT2D eigenvalue weighted by Crippen LogP contribution is -2.57. The summed E-state index contributed by atoms with van der Waals surface area (Å²) in [6.45, 7) is 6.21. The summed E-state index contributed by atoms with van der Waals surface area (Å²) in [4.78, 5) is 36.9. The third-order valence-electron chi connectivity index (χ3n) is 6.79. The molecule has 0 saturated carbocycles. The Balaban J connectivity index is 1.43. The number of aromatic nitrogens is 2. The van der Waals surface area contributed by atoms with Crippen molar-refractivity contribution >= 4 is 23.8 Å². The number of aliphatic carboxylic acids is 1. The lowest BCUT2D eigenvalue weighted by atomic mass is 9.74. The van der Waals surface area contributed by atoms with E-state index >= 15 is 0 Å². The molecule has 1 aliphatic rings. The van der Waals surface area contributed by atoms with Crippen molar-refractivity contribution < 1.29 is 28.9 Å². The Labute approximate surface area is 201 Å². The van der Waals surface area contributed by atoms with Gasteiger partial charge in [0.15, 0.2) is 0 Å². The first-order valence-electron chi connectivity index (χ1n) is 11.0. The van der Waals surface area contributed by atoms with Gasteiger partial charge in [0.2, 0.25) is 11.5 Å². The molecule has 10 nitrogen and oxygen atoms in total. The van der Waals surface area contributed by atoms with Gasteiger partial charge in [-0.15, -0.1) is 0 Å². The second-order valence-corrected chi connectivity index (χ2v) is 9.42. The summed E-state index contributed by atoms with van der Waals surface area (Å²) in [6, 6.07) is 15.9. The van der Waals surface area contributed by atoms with Crippen LogP contribution in [0, 0.1) is 5.41 Å². The molecule has 2 aromatic carbocycles. The highest BCUT2D eigenvalue weighted by molar-refractivity contribution is 6.00. The number of ether oxygens (including phenoxy) is 1. The van der Waals surface area contributed by atoms with Crippen molar-refractivity contribution in [3.63, 3.8) is 0 Å². The summed E-state index contributed by atoms with van der Waals surface area (Å²) in [6.07, 6.45) is -0.832. The highest BCUT2D eigenvalue weighted by Crippen LogP contribution is 2.44. The van der Waals surface area contributed by atoms with E-state index in [1.54, 1.807) is 13.8 Å². The average Bonchev–Trinajstić information content (AvgIpc) is 3.39. The molecule has 10 heteroatoms. The van der Waals surface area contributed by atoms with E-state index in [1.165, 1.54) is 13.8 Å². The average molecular weight is 479 g/mol. The number of nitrogens with zero attached hydrogens (tertiary/aromatic N) is 2. The maximum Gasteiger partial charge on any atom is 0.412 e. The topological polar surface area (TPSA) is 144 Å². The number of amides is 2. The number of rotatable bonds is 7. The first-order valence-corrected chi connectivity index (χ1v) is 11.0. The first kappa shape index (κ1) is 23.9. The van der Waals surface area contributed by atoms with Gasteiger partial charge in [-0.25, -0.2) is 9.42 Å². The Bertz CT molecular complexity index is 1250. The molecule has 35 heavy (non-hydrogen) atoms. The van der Waals surface area contributed by atoms with E-state index in [4.69, 9.17) is 4.74 Å². The van der Waals surface area contributed by atoms with Gasteiger partial charge in [-0.2, -0.15) is 0 Å². The zero-order valence-corrected chi connectivity index (χ0v) is 19.8. The minimum atomic E-state index is -1.29. The zero-order valence-electron chi connectivity index (χ0n) is 19.8. The molecule has 2 amide bonds. The summed E-state index contributed by atoms with van der Waals surface area (Å²) in [5.74, 6) is -2.20. The Morgan fingerprint density at radius 2 is 1.54 bits per heavy atom. The molecule has 0 saturated heterocycles. The number of fused-ring (bicyclic) bond motifs is 3. The molecule has 3 aromatic rings. The minimum absolute atomic E-state index is 0.0759. The van der Waals surface area contributed by atoms with Crippen molar-refractivity contribution in [2.24, 2.45) is 5.41 Å². The Hall–Kier alpha value is -4.21. The van der Waals surface area contributed by atoms with Gasteiger partial charge in [0.1, 0.15) is 6.61 Å². The Morgan fingerprint density at radius 3 is 2.11 bits per heavy atom. The monoisotopic (exact) mass is 478 g/mol. The molecule has 182 valence electrons. The molecule has 0 aliphatic heterocycles. The van der Waals surface area contributed by atoms with Crippen LogP contribution in [-0.4, -0.2) is 45.5 Å². The number of carboxylic acids is 1. The van der Waals surface area contributed by atoms with Crippen LogP contribution in [0.5, 0.6) is 0 Å². The molecular weight excluding hydrogens is 452 g/mol. The first-order chi connectivity index (χ1) is 16.5. The lowest BCUT2D eigenvalue weighted by molar-refractivity contribution is -0.150. The SMILES string of the molecule is CC(C)(NC(=O)c1nonc1NC(=O)OCC1c2ccccc2-c2ccccc21)C(C)(C)C(=O)O. The molecular formula is C25H26N4O6. The maximum atomic E-state index is 12.8. The van der Waals surface area contributed by atoms with E-state index in [1.807, 2.05) is 48.5 Å². The van der Waals surface area contributed by atoms with E-state index in [0.29, 0.717) is 0 Å². The molecule has 1 heterocycles. The largest absolute Gasteiger partial charge is 0.481 e. The molecule has 0 unspecified atom stereocenters. The zero-order chi connectivity index (χ0) is 25.4. The van der Waals surface area contributed by atoms with Crippen LogP contribution in [0.15, 0.2) is 53.2 Å².